The second-order valence-electron chi connectivity index (χ2n) is 5.72. The van der Waals surface area contributed by atoms with Gasteiger partial charge in [-0.15, -0.1) is 0 Å². The number of hydrogen-bond acceptors (Lipinski definition) is 4. The van der Waals surface area contributed by atoms with Gasteiger partial charge in [-0.2, -0.15) is 5.10 Å². The maximum atomic E-state index is 10.5. The Morgan fingerprint density at radius 3 is 2.76 bits per heavy atom. The summed E-state index contributed by atoms with van der Waals surface area (Å²) in [7, 11) is 1.61. The Morgan fingerprint density at radius 2 is 2.10 bits per heavy atom. The van der Waals surface area contributed by atoms with Crippen molar-refractivity contribution in [3.63, 3.8) is 0 Å². The zero-order valence-corrected chi connectivity index (χ0v) is 13.1. The van der Waals surface area contributed by atoms with Gasteiger partial charge in [-0.3, -0.25) is 0 Å². The van der Waals surface area contributed by atoms with Crippen LogP contribution in [0.15, 0.2) is 24.5 Å². The fraction of sp³-hybridized carbons (Fsp3) is 0.500. The smallest absolute Gasteiger partial charge is 0.138 e. The van der Waals surface area contributed by atoms with Gasteiger partial charge in [0, 0.05) is 18.5 Å². The topological polar surface area (TPSA) is 60.2 Å². The van der Waals surface area contributed by atoms with Crippen LogP contribution < -0.4 is 4.74 Å². The van der Waals surface area contributed by atoms with Crippen molar-refractivity contribution in [2.75, 3.05) is 7.11 Å². The third-order valence-corrected chi connectivity index (χ3v) is 3.35. The van der Waals surface area contributed by atoms with Gasteiger partial charge in [-0.05, 0) is 25.0 Å². The number of aliphatic hydroxyl groups is 1. The second-order valence-corrected chi connectivity index (χ2v) is 5.72. The van der Waals surface area contributed by atoms with E-state index >= 15 is 0 Å². The summed E-state index contributed by atoms with van der Waals surface area (Å²) in [6.45, 7) is 7.06. The van der Waals surface area contributed by atoms with E-state index in [0.717, 1.165) is 23.5 Å². The molecule has 2 aromatic rings. The zero-order chi connectivity index (χ0) is 15.4. The molecule has 0 amide bonds. The Bertz CT molecular complexity index is 593. The van der Waals surface area contributed by atoms with Crippen LogP contribution in [0, 0.1) is 12.8 Å². The number of aliphatic hydroxyl groups excluding tert-OH is 1. The molecule has 0 saturated heterocycles. The van der Waals surface area contributed by atoms with E-state index in [9.17, 15) is 5.11 Å². The molecule has 1 aromatic heterocycles. The SMILES string of the molecule is COc1ccc(C)cc1C(O)Cc1ncnn1CC(C)C. The van der Waals surface area contributed by atoms with Crippen molar-refractivity contribution in [3.05, 3.63) is 41.5 Å². The largest absolute Gasteiger partial charge is 0.496 e. The summed E-state index contributed by atoms with van der Waals surface area (Å²) in [6, 6.07) is 5.80. The third-order valence-electron chi connectivity index (χ3n) is 3.35. The lowest BCUT2D eigenvalue weighted by molar-refractivity contribution is 0.169. The molecule has 1 aromatic carbocycles. The van der Waals surface area contributed by atoms with E-state index < -0.39 is 6.10 Å². The van der Waals surface area contributed by atoms with Crippen molar-refractivity contribution in [3.8, 4) is 5.75 Å². The van der Waals surface area contributed by atoms with Crippen molar-refractivity contribution in [1.29, 1.82) is 0 Å². The normalized spacial score (nSPS) is 12.7. The Hall–Kier alpha value is -1.88. The van der Waals surface area contributed by atoms with Crippen LogP contribution in [0.2, 0.25) is 0 Å². The monoisotopic (exact) mass is 289 g/mol. The lowest BCUT2D eigenvalue weighted by Crippen LogP contribution is -2.14. The van der Waals surface area contributed by atoms with Crippen molar-refractivity contribution >= 4 is 0 Å². The molecule has 21 heavy (non-hydrogen) atoms. The summed E-state index contributed by atoms with van der Waals surface area (Å²) in [5.41, 5.74) is 1.88. The third kappa shape index (κ3) is 3.82. The van der Waals surface area contributed by atoms with Crippen molar-refractivity contribution < 1.29 is 9.84 Å². The highest BCUT2D eigenvalue weighted by atomic mass is 16.5. The molecular weight excluding hydrogens is 266 g/mol. The molecule has 0 spiro atoms. The molecule has 114 valence electrons. The van der Waals surface area contributed by atoms with Gasteiger partial charge in [-0.25, -0.2) is 9.67 Å². The summed E-state index contributed by atoms with van der Waals surface area (Å²) in [5.74, 6) is 1.97. The van der Waals surface area contributed by atoms with E-state index in [1.165, 1.54) is 6.33 Å². The fourth-order valence-corrected chi connectivity index (χ4v) is 2.34. The van der Waals surface area contributed by atoms with Gasteiger partial charge < -0.3 is 9.84 Å². The highest BCUT2D eigenvalue weighted by molar-refractivity contribution is 5.38. The molecule has 2 rings (SSSR count). The average Bonchev–Trinajstić information content (AvgIpc) is 2.85. The van der Waals surface area contributed by atoms with Gasteiger partial charge in [-0.1, -0.05) is 25.5 Å². The molecule has 1 N–H and O–H groups in total. The Balaban J connectivity index is 2.20. The molecule has 0 aliphatic heterocycles. The van der Waals surface area contributed by atoms with Crippen LogP contribution in [0.1, 0.15) is 36.9 Å². The molecular formula is C16H23N3O2. The van der Waals surface area contributed by atoms with Crippen LogP contribution in [-0.4, -0.2) is 27.0 Å². The molecule has 1 heterocycles. The average molecular weight is 289 g/mol. The summed E-state index contributed by atoms with van der Waals surface area (Å²) in [5, 5.41) is 14.8. The molecule has 0 bridgehead atoms. The van der Waals surface area contributed by atoms with E-state index in [1.807, 2.05) is 29.8 Å². The standard InChI is InChI=1S/C16H23N3O2/c1-11(2)9-19-16(17-10-18-19)8-14(20)13-7-12(3)5-6-15(13)21-4/h5-7,10-11,14,20H,8-9H2,1-4H3. The van der Waals surface area contributed by atoms with Gasteiger partial charge in [0.05, 0.1) is 13.2 Å². The van der Waals surface area contributed by atoms with E-state index in [-0.39, 0.29) is 0 Å². The molecule has 1 unspecified atom stereocenters. The van der Waals surface area contributed by atoms with Crippen LogP contribution in [0.5, 0.6) is 5.75 Å². The van der Waals surface area contributed by atoms with Crippen LogP contribution in [0.3, 0.4) is 0 Å². The molecule has 0 fully saturated rings. The highest BCUT2D eigenvalue weighted by Gasteiger charge is 2.17. The van der Waals surface area contributed by atoms with Crippen molar-refractivity contribution in [2.45, 2.75) is 39.8 Å². The lowest BCUT2D eigenvalue weighted by atomic mass is 10.0. The molecule has 0 aliphatic rings. The number of nitrogens with zero attached hydrogens (tertiary/aromatic N) is 3. The summed E-state index contributed by atoms with van der Waals surface area (Å²) in [4.78, 5) is 4.26. The van der Waals surface area contributed by atoms with Gasteiger partial charge in [0.25, 0.3) is 0 Å². The number of benzene rings is 1. The van der Waals surface area contributed by atoms with E-state index in [4.69, 9.17) is 4.74 Å². The summed E-state index contributed by atoms with van der Waals surface area (Å²) >= 11 is 0. The van der Waals surface area contributed by atoms with Gasteiger partial charge in [0.1, 0.15) is 17.9 Å². The lowest BCUT2D eigenvalue weighted by Gasteiger charge is -2.16. The number of methoxy groups -OCH3 is 1. The van der Waals surface area contributed by atoms with Gasteiger partial charge in [0.2, 0.25) is 0 Å². The predicted molar refractivity (Wildman–Crippen MR) is 81.3 cm³/mol. The number of aromatic nitrogens is 3. The first-order valence-electron chi connectivity index (χ1n) is 7.20. The molecule has 0 radical (unpaired) electrons. The number of hydrogen-bond donors (Lipinski definition) is 1. The van der Waals surface area contributed by atoms with E-state index in [2.05, 4.69) is 23.9 Å². The maximum Gasteiger partial charge on any atom is 0.138 e. The molecule has 0 aliphatic carbocycles. The maximum absolute atomic E-state index is 10.5. The quantitative estimate of drug-likeness (QED) is 0.887. The van der Waals surface area contributed by atoms with Crippen molar-refractivity contribution in [2.24, 2.45) is 5.92 Å². The number of rotatable bonds is 6. The van der Waals surface area contributed by atoms with Crippen LogP contribution >= 0.6 is 0 Å². The molecule has 5 heteroatoms. The summed E-state index contributed by atoms with van der Waals surface area (Å²) in [6.07, 6.45) is 1.31. The number of ether oxygens (including phenoxy) is 1. The Morgan fingerprint density at radius 1 is 1.33 bits per heavy atom. The van der Waals surface area contributed by atoms with Crippen LogP contribution in [-0.2, 0) is 13.0 Å². The minimum Gasteiger partial charge on any atom is -0.496 e. The highest BCUT2D eigenvalue weighted by Crippen LogP contribution is 2.28. The first kappa shape index (κ1) is 15.5. The molecule has 1 atom stereocenters. The fourth-order valence-electron chi connectivity index (χ4n) is 2.34. The van der Waals surface area contributed by atoms with Gasteiger partial charge >= 0.3 is 0 Å². The predicted octanol–water partition coefficient (Wildman–Crippen LogP) is 2.53. The zero-order valence-electron chi connectivity index (χ0n) is 13.1. The Kier molecular flexibility index (Phi) is 4.96. The van der Waals surface area contributed by atoms with E-state index in [1.54, 1.807) is 7.11 Å². The first-order chi connectivity index (χ1) is 10.0. The molecule has 5 nitrogen and oxygen atoms in total. The van der Waals surface area contributed by atoms with Crippen LogP contribution in [0.4, 0.5) is 0 Å². The van der Waals surface area contributed by atoms with Crippen molar-refractivity contribution in [1.82, 2.24) is 14.8 Å². The second kappa shape index (κ2) is 6.72. The van der Waals surface area contributed by atoms with E-state index in [0.29, 0.717) is 18.1 Å². The Labute approximate surface area is 125 Å². The minimum atomic E-state index is -0.657. The van der Waals surface area contributed by atoms with Crippen LogP contribution in [0.25, 0.3) is 0 Å². The molecule has 0 saturated carbocycles. The number of aryl methyl sites for hydroxylation is 1. The minimum absolute atomic E-state index is 0.423. The summed E-state index contributed by atoms with van der Waals surface area (Å²) < 4.78 is 7.19. The van der Waals surface area contributed by atoms with Gasteiger partial charge in [0.15, 0.2) is 0 Å². The first-order valence-corrected chi connectivity index (χ1v) is 7.20.